The van der Waals surface area contributed by atoms with Crippen LogP contribution in [0.15, 0.2) is 16.9 Å². The van der Waals surface area contributed by atoms with Crippen molar-refractivity contribution in [1.82, 2.24) is 24.9 Å². The van der Waals surface area contributed by atoms with Crippen molar-refractivity contribution in [3.05, 3.63) is 28.2 Å². The Morgan fingerprint density at radius 2 is 1.96 bits per heavy atom. The van der Waals surface area contributed by atoms with E-state index in [-0.39, 0.29) is 35.2 Å². The van der Waals surface area contributed by atoms with E-state index in [2.05, 4.69) is 24.3 Å². The van der Waals surface area contributed by atoms with Gasteiger partial charge in [-0.2, -0.15) is 5.10 Å². The van der Waals surface area contributed by atoms with E-state index >= 15 is 0 Å². The van der Waals surface area contributed by atoms with Crippen molar-refractivity contribution < 1.29 is 9.59 Å². The number of aromatic nitrogens is 2. The SMILES string of the molecule is CC(C)[C@@H]1CN(C(=O)c2ccc(=O)n(C)n2)C[C@H]1NC(=O)N(C)C. The summed E-state index contributed by atoms with van der Waals surface area (Å²) in [7, 11) is 4.89. The number of amides is 3. The molecule has 1 aromatic rings. The topological polar surface area (TPSA) is 87.5 Å². The molecule has 0 aliphatic carbocycles. The van der Waals surface area contributed by atoms with Crippen molar-refractivity contribution in [3.8, 4) is 0 Å². The summed E-state index contributed by atoms with van der Waals surface area (Å²) < 4.78 is 1.15. The van der Waals surface area contributed by atoms with Crippen LogP contribution >= 0.6 is 0 Å². The number of nitrogens with one attached hydrogen (secondary N) is 1. The number of nitrogens with zero attached hydrogens (tertiary/aromatic N) is 4. The molecule has 1 fully saturated rings. The smallest absolute Gasteiger partial charge is 0.317 e. The number of carbonyl (C=O) groups excluding carboxylic acids is 2. The van der Waals surface area contributed by atoms with Gasteiger partial charge in [-0.15, -0.1) is 0 Å². The third-order valence-electron chi connectivity index (χ3n) is 4.40. The lowest BCUT2D eigenvalue weighted by Crippen LogP contribution is -2.46. The maximum absolute atomic E-state index is 12.7. The Morgan fingerprint density at radius 3 is 2.50 bits per heavy atom. The molecule has 0 saturated carbocycles. The Kier molecular flexibility index (Phi) is 5.26. The molecule has 0 bridgehead atoms. The molecule has 1 saturated heterocycles. The van der Waals surface area contributed by atoms with Gasteiger partial charge in [0.1, 0.15) is 5.69 Å². The van der Waals surface area contributed by atoms with Crippen molar-refractivity contribution in [2.75, 3.05) is 27.2 Å². The van der Waals surface area contributed by atoms with Crippen LogP contribution in [0.5, 0.6) is 0 Å². The van der Waals surface area contributed by atoms with Crippen LogP contribution in [0.1, 0.15) is 24.3 Å². The molecular formula is C16H25N5O3. The summed E-state index contributed by atoms with van der Waals surface area (Å²) >= 11 is 0. The monoisotopic (exact) mass is 335 g/mol. The molecule has 2 rings (SSSR count). The Labute approximate surface area is 141 Å². The quantitative estimate of drug-likeness (QED) is 0.852. The molecule has 0 radical (unpaired) electrons. The van der Waals surface area contributed by atoms with Crippen molar-refractivity contribution in [3.63, 3.8) is 0 Å². The third kappa shape index (κ3) is 3.74. The van der Waals surface area contributed by atoms with E-state index in [1.807, 2.05) is 0 Å². The Morgan fingerprint density at radius 1 is 1.29 bits per heavy atom. The summed E-state index contributed by atoms with van der Waals surface area (Å²) in [5.74, 6) is 0.270. The van der Waals surface area contributed by atoms with E-state index in [0.717, 1.165) is 4.68 Å². The number of likely N-dealkylation sites (tertiary alicyclic amines) is 1. The van der Waals surface area contributed by atoms with Gasteiger partial charge in [-0.25, -0.2) is 9.48 Å². The van der Waals surface area contributed by atoms with Crippen LogP contribution in [0.25, 0.3) is 0 Å². The van der Waals surface area contributed by atoms with Crippen LogP contribution in [0.3, 0.4) is 0 Å². The minimum atomic E-state index is -0.260. The maximum Gasteiger partial charge on any atom is 0.317 e. The van der Waals surface area contributed by atoms with Gasteiger partial charge < -0.3 is 15.1 Å². The minimum absolute atomic E-state index is 0.101. The fourth-order valence-electron chi connectivity index (χ4n) is 2.89. The van der Waals surface area contributed by atoms with Crippen LogP contribution in [-0.2, 0) is 7.05 Å². The Balaban J connectivity index is 2.16. The van der Waals surface area contributed by atoms with Gasteiger partial charge in [0.15, 0.2) is 0 Å². The van der Waals surface area contributed by atoms with Gasteiger partial charge in [-0.05, 0) is 12.0 Å². The van der Waals surface area contributed by atoms with Gasteiger partial charge >= 0.3 is 6.03 Å². The minimum Gasteiger partial charge on any atom is -0.335 e. The maximum atomic E-state index is 12.7. The molecule has 1 aliphatic heterocycles. The summed E-state index contributed by atoms with van der Waals surface area (Å²) in [6.07, 6.45) is 0. The van der Waals surface area contributed by atoms with Gasteiger partial charge in [0.25, 0.3) is 11.5 Å². The van der Waals surface area contributed by atoms with Gasteiger partial charge in [0, 0.05) is 46.2 Å². The van der Waals surface area contributed by atoms with E-state index in [1.165, 1.54) is 24.1 Å². The number of urea groups is 1. The summed E-state index contributed by atoms with van der Waals surface area (Å²) in [6.45, 7) is 5.15. The summed E-state index contributed by atoms with van der Waals surface area (Å²) in [5, 5.41) is 7.00. The van der Waals surface area contributed by atoms with Crippen LogP contribution in [0.2, 0.25) is 0 Å². The zero-order chi connectivity index (χ0) is 18.0. The molecule has 8 nitrogen and oxygen atoms in total. The third-order valence-corrected chi connectivity index (χ3v) is 4.40. The summed E-state index contributed by atoms with van der Waals surface area (Å²) in [6, 6.07) is 2.51. The number of rotatable bonds is 3. The van der Waals surface area contributed by atoms with E-state index < -0.39 is 0 Å². The zero-order valence-corrected chi connectivity index (χ0v) is 14.8. The normalized spacial score (nSPS) is 20.3. The molecule has 8 heteroatoms. The summed E-state index contributed by atoms with van der Waals surface area (Å²) in [5.41, 5.74) is -0.0247. The predicted molar refractivity (Wildman–Crippen MR) is 89.7 cm³/mol. The van der Waals surface area contributed by atoms with Crippen LogP contribution in [0, 0.1) is 11.8 Å². The van der Waals surface area contributed by atoms with Crippen molar-refractivity contribution >= 4 is 11.9 Å². The zero-order valence-electron chi connectivity index (χ0n) is 14.8. The number of aryl methyl sites for hydroxylation is 1. The molecule has 2 atom stereocenters. The first-order chi connectivity index (χ1) is 11.2. The van der Waals surface area contributed by atoms with E-state index in [9.17, 15) is 14.4 Å². The van der Waals surface area contributed by atoms with E-state index in [0.29, 0.717) is 19.0 Å². The molecule has 132 valence electrons. The first kappa shape index (κ1) is 18.0. The lowest BCUT2D eigenvalue weighted by molar-refractivity contribution is 0.0774. The fraction of sp³-hybridized carbons (Fsp3) is 0.625. The predicted octanol–water partition coefficient (Wildman–Crippen LogP) is 0.148. The average molecular weight is 335 g/mol. The fourth-order valence-corrected chi connectivity index (χ4v) is 2.89. The number of hydrogen-bond acceptors (Lipinski definition) is 4. The highest BCUT2D eigenvalue weighted by Crippen LogP contribution is 2.25. The van der Waals surface area contributed by atoms with Crippen molar-refractivity contribution in [2.45, 2.75) is 19.9 Å². The second kappa shape index (κ2) is 7.02. The lowest BCUT2D eigenvalue weighted by Gasteiger charge is -2.24. The molecule has 3 amide bonds. The Bertz CT molecular complexity index is 683. The molecule has 0 aromatic carbocycles. The second-order valence-corrected chi connectivity index (χ2v) is 6.75. The first-order valence-corrected chi connectivity index (χ1v) is 8.02. The molecule has 1 aliphatic rings. The van der Waals surface area contributed by atoms with Gasteiger partial charge in [-0.1, -0.05) is 13.8 Å². The van der Waals surface area contributed by atoms with Crippen LogP contribution < -0.4 is 10.9 Å². The largest absolute Gasteiger partial charge is 0.335 e. The molecule has 24 heavy (non-hydrogen) atoms. The van der Waals surface area contributed by atoms with Crippen molar-refractivity contribution in [2.24, 2.45) is 18.9 Å². The standard InChI is InChI=1S/C16H25N5O3/c1-10(2)11-8-21(9-13(11)17-16(24)19(3)4)15(23)12-6-7-14(22)20(5)18-12/h6-7,10-11,13H,8-9H2,1-5H3,(H,17,24)/t11-,13+/m0/s1. The van der Waals surface area contributed by atoms with E-state index in [1.54, 1.807) is 19.0 Å². The highest BCUT2D eigenvalue weighted by molar-refractivity contribution is 5.92. The second-order valence-electron chi connectivity index (χ2n) is 6.75. The highest BCUT2D eigenvalue weighted by atomic mass is 16.2. The van der Waals surface area contributed by atoms with Crippen molar-refractivity contribution in [1.29, 1.82) is 0 Å². The first-order valence-electron chi connectivity index (χ1n) is 8.02. The Hall–Kier alpha value is -2.38. The number of hydrogen-bond donors (Lipinski definition) is 1. The van der Waals surface area contributed by atoms with E-state index in [4.69, 9.17) is 0 Å². The van der Waals surface area contributed by atoms with Gasteiger partial charge in [-0.3, -0.25) is 9.59 Å². The molecule has 1 aromatic heterocycles. The summed E-state index contributed by atoms with van der Waals surface area (Å²) in [4.78, 5) is 39.2. The molecule has 2 heterocycles. The molecule has 0 unspecified atom stereocenters. The molecule has 0 spiro atoms. The highest BCUT2D eigenvalue weighted by Gasteiger charge is 2.38. The van der Waals surface area contributed by atoms with Crippen LogP contribution in [-0.4, -0.2) is 64.7 Å². The number of carbonyl (C=O) groups is 2. The van der Waals surface area contributed by atoms with Crippen LogP contribution in [0.4, 0.5) is 4.79 Å². The molecular weight excluding hydrogens is 310 g/mol. The van der Waals surface area contributed by atoms with Gasteiger partial charge in [0.05, 0.1) is 6.04 Å². The van der Waals surface area contributed by atoms with Gasteiger partial charge in [0.2, 0.25) is 0 Å². The molecule has 1 N–H and O–H groups in total. The average Bonchev–Trinajstić information content (AvgIpc) is 2.93. The lowest BCUT2D eigenvalue weighted by atomic mass is 9.91.